The van der Waals surface area contributed by atoms with Crippen molar-refractivity contribution in [1.82, 2.24) is 30.0 Å². The zero-order chi connectivity index (χ0) is 13.1. The van der Waals surface area contributed by atoms with E-state index in [-0.39, 0.29) is 0 Å². The molecule has 1 aliphatic heterocycles. The highest BCUT2D eigenvalue weighted by molar-refractivity contribution is 6.34. The fraction of sp³-hybridized carbons (Fsp3) is 0.455. The van der Waals surface area contributed by atoms with E-state index in [9.17, 15) is 0 Å². The average molecular weight is 280 g/mol. The van der Waals surface area contributed by atoms with Crippen LogP contribution in [0.5, 0.6) is 0 Å². The van der Waals surface area contributed by atoms with E-state index in [4.69, 9.17) is 11.6 Å². The minimum Gasteiger partial charge on any atom is -0.366 e. The van der Waals surface area contributed by atoms with Crippen LogP contribution in [0.2, 0.25) is 5.02 Å². The van der Waals surface area contributed by atoms with Crippen LogP contribution in [-0.4, -0.2) is 43.9 Å². The van der Waals surface area contributed by atoms with Crippen LogP contribution in [0.4, 0.5) is 5.82 Å². The summed E-state index contributed by atoms with van der Waals surface area (Å²) in [5, 5.41) is 11.2. The molecule has 0 bridgehead atoms. The monoisotopic (exact) mass is 279 g/mol. The van der Waals surface area contributed by atoms with Crippen LogP contribution in [0.25, 0.3) is 5.82 Å². The van der Waals surface area contributed by atoms with Gasteiger partial charge in [0.05, 0.1) is 0 Å². The summed E-state index contributed by atoms with van der Waals surface area (Å²) < 4.78 is 1.53. The van der Waals surface area contributed by atoms with E-state index in [1.807, 2.05) is 0 Å². The molecule has 0 aliphatic carbocycles. The summed E-state index contributed by atoms with van der Waals surface area (Å²) in [5.41, 5.74) is 0. The van der Waals surface area contributed by atoms with Gasteiger partial charge in [0, 0.05) is 6.04 Å². The van der Waals surface area contributed by atoms with Crippen LogP contribution in [0.3, 0.4) is 0 Å². The SMILES string of the molecule is Clc1c(NC2CCNCC2)ncnc1-n1cncn1. The molecule has 7 nitrogen and oxygen atoms in total. The Morgan fingerprint density at radius 2 is 2.11 bits per heavy atom. The zero-order valence-corrected chi connectivity index (χ0v) is 11.0. The van der Waals surface area contributed by atoms with Gasteiger partial charge >= 0.3 is 0 Å². The van der Waals surface area contributed by atoms with E-state index in [1.165, 1.54) is 17.3 Å². The maximum absolute atomic E-state index is 6.33. The van der Waals surface area contributed by atoms with Gasteiger partial charge in [-0.05, 0) is 25.9 Å². The van der Waals surface area contributed by atoms with Crippen LogP contribution in [-0.2, 0) is 0 Å². The second-order valence-corrected chi connectivity index (χ2v) is 4.75. The Balaban J connectivity index is 1.84. The average Bonchev–Trinajstić information content (AvgIpc) is 2.96. The predicted octanol–water partition coefficient (Wildman–Crippen LogP) is 0.875. The van der Waals surface area contributed by atoms with Crippen molar-refractivity contribution in [3.63, 3.8) is 0 Å². The van der Waals surface area contributed by atoms with Crippen molar-refractivity contribution in [1.29, 1.82) is 0 Å². The van der Waals surface area contributed by atoms with Crippen molar-refractivity contribution >= 4 is 17.4 Å². The van der Waals surface area contributed by atoms with Crippen molar-refractivity contribution in [3.05, 3.63) is 24.0 Å². The Morgan fingerprint density at radius 3 is 2.84 bits per heavy atom. The smallest absolute Gasteiger partial charge is 0.179 e. The normalized spacial score (nSPS) is 16.5. The van der Waals surface area contributed by atoms with Crippen molar-refractivity contribution < 1.29 is 0 Å². The molecule has 1 aliphatic rings. The fourth-order valence-electron chi connectivity index (χ4n) is 2.10. The summed E-state index contributed by atoms with van der Waals surface area (Å²) in [6, 6.07) is 0.386. The first-order valence-corrected chi connectivity index (χ1v) is 6.55. The van der Waals surface area contributed by atoms with Gasteiger partial charge in [-0.25, -0.2) is 19.6 Å². The second-order valence-electron chi connectivity index (χ2n) is 4.37. The maximum Gasteiger partial charge on any atom is 0.179 e. The third kappa shape index (κ3) is 2.66. The van der Waals surface area contributed by atoms with Gasteiger partial charge in [-0.15, -0.1) is 0 Å². The molecule has 0 atom stereocenters. The number of hydrogen-bond acceptors (Lipinski definition) is 6. The lowest BCUT2D eigenvalue weighted by molar-refractivity contribution is 0.478. The van der Waals surface area contributed by atoms with Crippen molar-refractivity contribution in [3.8, 4) is 5.82 Å². The van der Waals surface area contributed by atoms with E-state index in [0.29, 0.717) is 22.7 Å². The minimum absolute atomic E-state index is 0.386. The summed E-state index contributed by atoms with van der Waals surface area (Å²) >= 11 is 6.33. The third-order valence-corrected chi connectivity index (χ3v) is 3.43. The molecule has 1 saturated heterocycles. The Kier molecular flexibility index (Phi) is 3.56. The van der Waals surface area contributed by atoms with E-state index in [0.717, 1.165) is 25.9 Å². The first-order chi connectivity index (χ1) is 9.34. The highest BCUT2D eigenvalue weighted by Crippen LogP contribution is 2.25. The summed E-state index contributed by atoms with van der Waals surface area (Å²) in [7, 11) is 0. The van der Waals surface area contributed by atoms with Crippen LogP contribution < -0.4 is 10.6 Å². The Bertz CT molecular complexity index is 536. The predicted molar refractivity (Wildman–Crippen MR) is 71.5 cm³/mol. The molecular formula is C11H14ClN7. The Morgan fingerprint density at radius 1 is 1.26 bits per heavy atom. The van der Waals surface area contributed by atoms with E-state index >= 15 is 0 Å². The number of aromatic nitrogens is 5. The summed E-state index contributed by atoms with van der Waals surface area (Å²) in [6.45, 7) is 2.02. The van der Waals surface area contributed by atoms with Crippen LogP contribution in [0.1, 0.15) is 12.8 Å². The number of piperidine rings is 1. The number of anilines is 1. The van der Waals surface area contributed by atoms with E-state index < -0.39 is 0 Å². The second kappa shape index (κ2) is 5.50. The number of halogens is 1. The number of hydrogen-bond donors (Lipinski definition) is 2. The van der Waals surface area contributed by atoms with Crippen molar-refractivity contribution in [2.75, 3.05) is 18.4 Å². The van der Waals surface area contributed by atoms with Gasteiger partial charge < -0.3 is 10.6 Å². The molecule has 0 saturated carbocycles. The van der Waals surface area contributed by atoms with Gasteiger partial charge in [-0.1, -0.05) is 11.6 Å². The summed E-state index contributed by atoms with van der Waals surface area (Å²) in [6.07, 6.45) is 6.59. The molecule has 0 spiro atoms. The first-order valence-electron chi connectivity index (χ1n) is 6.17. The molecule has 2 aromatic rings. The zero-order valence-electron chi connectivity index (χ0n) is 10.3. The van der Waals surface area contributed by atoms with Gasteiger partial charge in [0.15, 0.2) is 11.6 Å². The van der Waals surface area contributed by atoms with Gasteiger partial charge in [0.2, 0.25) is 0 Å². The molecule has 3 rings (SSSR count). The lowest BCUT2D eigenvalue weighted by atomic mass is 10.1. The highest BCUT2D eigenvalue weighted by atomic mass is 35.5. The molecular weight excluding hydrogens is 266 g/mol. The molecule has 1 fully saturated rings. The quantitative estimate of drug-likeness (QED) is 0.868. The highest BCUT2D eigenvalue weighted by Gasteiger charge is 2.17. The van der Waals surface area contributed by atoms with Gasteiger partial charge in [-0.2, -0.15) is 5.10 Å². The molecule has 2 N–H and O–H groups in total. The molecule has 3 heterocycles. The third-order valence-electron chi connectivity index (χ3n) is 3.09. The lowest BCUT2D eigenvalue weighted by Gasteiger charge is -2.24. The maximum atomic E-state index is 6.33. The molecule has 8 heteroatoms. The van der Waals surface area contributed by atoms with Crippen LogP contribution in [0, 0.1) is 0 Å². The van der Waals surface area contributed by atoms with Gasteiger partial charge in [0.1, 0.15) is 24.0 Å². The first kappa shape index (κ1) is 12.3. The van der Waals surface area contributed by atoms with Crippen molar-refractivity contribution in [2.45, 2.75) is 18.9 Å². The van der Waals surface area contributed by atoms with Gasteiger partial charge in [0.25, 0.3) is 0 Å². The van der Waals surface area contributed by atoms with Crippen LogP contribution in [0.15, 0.2) is 19.0 Å². The molecule has 0 amide bonds. The minimum atomic E-state index is 0.386. The Labute approximate surface area is 115 Å². The summed E-state index contributed by atoms with van der Waals surface area (Å²) in [4.78, 5) is 12.2. The lowest BCUT2D eigenvalue weighted by Crippen LogP contribution is -2.35. The summed E-state index contributed by atoms with van der Waals surface area (Å²) in [5.74, 6) is 1.18. The number of rotatable bonds is 3. The number of nitrogens with one attached hydrogen (secondary N) is 2. The fourth-order valence-corrected chi connectivity index (χ4v) is 2.34. The molecule has 19 heavy (non-hydrogen) atoms. The number of nitrogens with zero attached hydrogens (tertiary/aromatic N) is 5. The molecule has 0 aromatic carbocycles. The largest absolute Gasteiger partial charge is 0.366 e. The molecule has 100 valence electrons. The van der Waals surface area contributed by atoms with E-state index in [1.54, 1.807) is 6.33 Å². The molecule has 0 radical (unpaired) electrons. The standard InChI is InChI=1S/C11H14ClN7/c12-9-10(18-8-1-3-13-4-2-8)15-6-16-11(9)19-7-14-5-17-19/h5-8,13H,1-4H2,(H,15,16,18). The van der Waals surface area contributed by atoms with E-state index in [2.05, 4.69) is 30.7 Å². The van der Waals surface area contributed by atoms with Gasteiger partial charge in [-0.3, -0.25) is 0 Å². The Hall–Kier alpha value is -1.73. The molecule has 2 aromatic heterocycles. The molecule has 0 unspecified atom stereocenters. The van der Waals surface area contributed by atoms with Crippen molar-refractivity contribution in [2.24, 2.45) is 0 Å². The topological polar surface area (TPSA) is 80.5 Å². The van der Waals surface area contributed by atoms with Crippen LogP contribution >= 0.6 is 11.6 Å².